The molecule has 1 aromatic carbocycles. The van der Waals surface area contributed by atoms with Gasteiger partial charge in [-0.1, -0.05) is 29.8 Å². The zero-order valence-electron chi connectivity index (χ0n) is 11.1. The molecule has 1 N–H and O–H groups in total. The van der Waals surface area contributed by atoms with Gasteiger partial charge in [0.25, 0.3) is 0 Å². The molecule has 1 amide bonds. The molecule has 4 heteroatoms. The number of benzene rings is 1. The fourth-order valence-corrected chi connectivity index (χ4v) is 2.31. The summed E-state index contributed by atoms with van der Waals surface area (Å²) in [6.45, 7) is 2.93. The highest BCUT2D eigenvalue weighted by Crippen LogP contribution is 2.24. The Morgan fingerprint density at radius 2 is 2.11 bits per heavy atom. The molecule has 0 unspecified atom stereocenters. The largest absolute Gasteiger partial charge is 0.389 e. The number of carbonyl (C=O) groups is 1. The number of likely N-dealkylation sites (tertiary alicyclic amines) is 1. The second-order valence-electron chi connectivity index (χ2n) is 5.18. The van der Waals surface area contributed by atoms with Gasteiger partial charge in [-0.25, -0.2) is 0 Å². The second kappa shape index (κ2) is 5.08. The van der Waals surface area contributed by atoms with Gasteiger partial charge in [-0.3, -0.25) is 9.69 Å². The topological polar surface area (TPSA) is 43.8 Å². The molecule has 0 spiro atoms. The number of aliphatic hydroxyl groups is 1. The Morgan fingerprint density at radius 1 is 1.44 bits per heavy atom. The van der Waals surface area contributed by atoms with Gasteiger partial charge in [0.15, 0.2) is 0 Å². The first-order valence-electron chi connectivity index (χ1n) is 6.19. The molecule has 0 radical (unpaired) electrons. The zero-order valence-corrected chi connectivity index (χ0v) is 11.1. The van der Waals surface area contributed by atoms with Crippen LogP contribution in [0.1, 0.15) is 17.2 Å². The molecular formula is C14H20N2O2. The van der Waals surface area contributed by atoms with Crippen LogP contribution in [0.5, 0.6) is 0 Å². The molecular weight excluding hydrogens is 228 g/mol. The minimum Gasteiger partial charge on any atom is -0.389 e. The molecule has 1 heterocycles. The lowest BCUT2D eigenvalue weighted by atomic mass is 10.0. The van der Waals surface area contributed by atoms with Gasteiger partial charge in [0.1, 0.15) is 6.04 Å². The summed E-state index contributed by atoms with van der Waals surface area (Å²) in [5, 5.41) is 9.29. The van der Waals surface area contributed by atoms with Crippen molar-refractivity contribution >= 4 is 5.91 Å². The zero-order chi connectivity index (χ0) is 13.3. The number of hydrogen-bond donors (Lipinski definition) is 1. The maximum absolute atomic E-state index is 12.4. The Labute approximate surface area is 108 Å². The average Bonchev–Trinajstić information content (AvgIpc) is 2.24. The van der Waals surface area contributed by atoms with Crippen molar-refractivity contribution in [1.29, 1.82) is 0 Å². The summed E-state index contributed by atoms with van der Waals surface area (Å²) in [6.07, 6.45) is -0.353. The van der Waals surface area contributed by atoms with Crippen LogP contribution in [-0.4, -0.2) is 54.1 Å². The maximum Gasteiger partial charge on any atom is 0.244 e. The third-order valence-corrected chi connectivity index (χ3v) is 3.28. The van der Waals surface area contributed by atoms with Gasteiger partial charge >= 0.3 is 0 Å². The summed E-state index contributed by atoms with van der Waals surface area (Å²) in [6, 6.07) is 7.75. The first-order valence-corrected chi connectivity index (χ1v) is 6.19. The number of aliphatic hydroxyl groups excluding tert-OH is 1. The second-order valence-corrected chi connectivity index (χ2v) is 5.18. The van der Waals surface area contributed by atoms with Crippen LogP contribution in [0.15, 0.2) is 24.3 Å². The number of β-amino-alcohol motifs (C(OH)–C–C–N with tert-alkyl or cyclic N) is 1. The normalized spacial score (nSPS) is 17.7. The molecule has 98 valence electrons. The van der Waals surface area contributed by atoms with E-state index in [1.165, 1.54) is 0 Å². The number of amides is 1. The van der Waals surface area contributed by atoms with Crippen molar-refractivity contribution in [3.8, 4) is 0 Å². The van der Waals surface area contributed by atoms with E-state index in [1.54, 1.807) is 4.90 Å². The van der Waals surface area contributed by atoms with Crippen molar-refractivity contribution in [3.05, 3.63) is 35.4 Å². The Balaban J connectivity index is 2.20. The van der Waals surface area contributed by atoms with Gasteiger partial charge < -0.3 is 10.0 Å². The Hall–Kier alpha value is -1.39. The van der Waals surface area contributed by atoms with E-state index in [4.69, 9.17) is 0 Å². The lowest BCUT2D eigenvalue weighted by molar-refractivity contribution is -0.146. The van der Waals surface area contributed by atoms with Crippen LogP contribution in [0.25, 0.3) is 0 Å². The molecule has 1 saturated heterocycles. The molecule has 0 aromatic heterocycles. The van der Waals surface area contributed by atoms with Crippen molar-refractivity contribution in [3.63, 3.8) is 0 Å². The maximum atomic E-state index is 12.4. The molecule has 0 saturated carbocycles. The van der Waals surface area contributed by atoms with Crippen LogP contribution in [-0.2, 0) is 4.79 Å². The lowest BCUT2D eigenvalue weighted by Gasteiger charge is -2.39. The van der Waals surface area contributed by atoms with Crippen molar-refractivity contribution in [2.45, 2.75) is 19.1 Å². The Morgan fingerprint density at radius 3 is 2.61 bits per heavy atom. The highest BCUT2D eigenvalue weighted by Gasteiger charge is 2.35. The van der Waals surface area contributed by atoms with E-state index in [9.17, 15) is 9.90 Å². The van der Waals surface area contributed by atoms with Gasteiger partial charge in [-0.2, -0.15) is 0 Å². The van der Waals surface area contributed by atoms with Gasteiger partial charge in [0, 0.05) is 13.1 Å². The predicted molar refractivity (Wildman–Crippen MR) is 70.2 cm³/mol. The highest BCUT2D eigenvalue weighted by molar-refractivity contribution is 5.84. The van der Waals surface area contributed by atoms with E-state index in [0.717, 1.165) is 11.1 Å². The molecule has 1 atom stereocenters. The standard InChI is InChI=1S/C14H20N2O2/c1-10-5-4-6-11(7-10)13(15(2)3)14(18)16-8-12(17)9-16/h4-7,12-13,17H,8-9H2,1-3H3/t13-/m0/s1. The summed E-state index contributed by atoms with van der Waals surface area (Å²) in [5.74, 6) is 0.0656. The number of likely N-dealkylation sites (N-methyl/N-ethyl adjacent to an activating group) is 1. The summed E-state index contributed by atoms with van der Waals surface area (Å²) in [5.41, 5.74) is 2.15. The van der Waals surface area contributed by atoms with Crippen LogP contribution in [0, 0.1) is 6.92 Å². The van der Waals surface area contributed by atoms with E-state index < -0.39 is 0 Å². The predicted octanol–water partition coefficient (Wildman–Crippen LogP) is 0.801. The van der Waals surface area contributed by atoms with Crippen LogP contribution in [0.4, 0.5) is 0 Å². The van der Waals surface area contributed by atoms with Crippen molar-refractivity contribution in [2.24, 2.45) is 0 Å². The molecule has 4 nitrogen and oxygen atoms in total. The number of rotatable bonds is 3. The number of nitrogens with zero attached hydrogens (tertiary/aromatic N) is 2. The summed E-state index contributed by atoms with van der Waals surface area (Å²) >= 11 is 0. The van der Waals surface area contributed by atoms with Crippen LogP contribution < -0.4 is 0 Å². The average molecular weight is 248 g/mol. The van der Waals surface area contributed by atoms with Crippen LogP contribution >= 0.6 is 0 Å². The molecule has 1 aliphatic heterocycles. The highest BCUT2D eigenvalue weighted by atomic mass is 16.3. The van der Waals surface area contributed by atoms with Crippen molar-refractivity contribution in [2.75, 3.05) is 27.2 Å². The summed E-state index contributed by atoms with van der Waals surface area (Å²) < 4.78 is 0. The Kier molecular flexibility index (Phi) is 3.68. The van der Waals surface area contributed by atoms with E-state index in [1.807, 2.05) is 50.2 Å². The summed E-state index contributed by atoms with van der Waals surface area (Å²) in [7, 11) is 3.81. The molecule has 1 fully saturated rings. The third kappa shape index (κ3) is 2.54. The molecule has 0 aliphatic carbocycles. The SMILES string of the molecule is Cc1cccc([C@@H](C(=O)N2CC(O)C2)N(C)C)c1. The van der Waals surface area contributed by atoms with Crippen molar-refractivity contribution in [1.82, 2.24) is 9.80 Å². The Bertz CT molecular complexity index is 439. The van der Waals surface area contributed by atoms with Gasteiger partial charge in [-0.05, 0) is 26.6 Å². The first-order chi connectivity index (χ1) is 8.49. The van der Waals surface area contributed by atoms with Crippen LogP contribution in [0.3, 0.4) is 0 Å². The fourth-order valence-electron chi connectivity index (χ4n) is 2.31. The van der Waals surface area contributed by atoms with Crippen molar-refractivity contribution < 1.29 is 9.90 Å². The van der Waals surface area contributed by atoms with E-state index in [2.05, 4.69) is 0 Å². The first kappa shape index (κ1) is 13.1. The number of hydrogen-bond acceptors (Lipinski definition) is 3. The number of aryl methyl sites for hydroxylation is 1. The summed E-state index contributed by atoms with van der Waals surface area (Å²) in [4.78, 5) is 16.0. The molecule has 2 rings (SSSR count). The fraction of sp³-hybridized carbons (Fsp3) is 0.500. The minimum atomic E-state index is -0.353. The molecule has 1 aliphatic rings. The molecule has 1 aromatic rings. The van der Waals surface area contributed by atoms with Crippen LogP contribution in [0.2, 0.25) is 0 Å². The van der Waals surface area contributed by atoms with E-state index >= 15 is 0 Å². The molecule has 18 heavy (non-hydrogen) atoms. The molecule has 0 bridgehead atoms. The van der Waals surface area contributed by atoms with E-state index in [0.29, 0.717) is 13.1 Å². The van der Waals surface area contributed by atoms with Gasteiger partial charge in [0.2, 0.25) is 5.91 Å². The minimum absolute atomic E-state index is 0.0656. The lowest BCUT2D eigenvalue weighted by Crippen LogP contribution is -2.56. The van der Waals surface area contributed by atoms with Gasteiger partial charge in [0.05, 0.1) is 6.10 Å². The third-order valence-electron chi connectivity index (χ3n) is 3.28. The van der Waals surface area contributed by atoms with E-state index in [-0.39, 0.29) is 18.1 Å². The number of carbonyl (C=O) groups excluding carboxylic acids is 1. The smallest absolute Gasteiger partial charge is 0.244 e. The van der Waals surface area contributed by atoms with Gasteiger partial charge in [-0.15, -0.1) is 0 Å². The quantitative estimate of drug-likeness (QED) is 0.860. The monoisotopic (exact) mass is 248 g/mol.